The molecule has 8 heteroatoms. The van der Waals surface area contributed by atoms with E-state index in [1.807, 2.05) is 32.3 Å². The summed E-state index contributed by atoms with van der Waals surface area (Å²) in [6, 6.07) is 12.8. The van der Waals surface area contributed by atoms with Gasteiger partial charge in [-0.3, -0.25) is 0 Å². The molecule has 0 unspecified atom stereocenters. The molecule has 2 rings (SSSR count). The van der Waals surface area contributed by atoms with Gasteiger partial charge in [-0.15, -0.1) is 0 Å². The quantitative estimate of drug-likeness (QED) is 0.555. The monoisotopic (exact) mass is 391 g/mol. The Morgan fingerprint density at radius 1 is 0.963 bits per heavy atom. The van der Waals surface area contributed by atoms with Crippen molar-refractivity contribution in [3.05, 3.63) is 60.2 Å². The normalized spacial score (nSPS) is 10.5. The number of rotatable bonds is 6. The SMILES string of the molecule is CN(C)Cc1ccccc1Sc1ccc(O)cc1O.O=C(O)/C=C/C(=O)O. The average molecular weight is 391 g/mol. The fourth-order valence-electron chi connectivity index (χ4n) is 1.93. The zero-order valence-electron chi connectivity index (χ0n) is 14.9. The molecule has 0 bridgehead atoms. The Balaban J connectivity index is 0.000000387. The van der Waals surface area contributed by atoms with Crippen molar-refractivity contribution < 1.29 is 30.0 Å². The fraction of sp³-hybridized carbons (Fsp3) is 0.158. The highest BCUT2D eigenvalue weighted by atomic mass is 32.2. The van der Waals surface area contributed by atoms with Crippen molar-refractivity contribution in [3.8, 4) is 11.5 Å². The van der Waals surface area contributed by atoms with Crippen LogP contribution in [0.15, 0.2) is 64.4 Å². The topological polar surface area (TPSA) is 118 Å². The van der Waals surface area contributed by atoms with Gasteiger partial charge in [0.1, 0.15) is 11.5 Å². The second kappa shape index (κ2) is 10.9. The van der Waals surface area contributed by atoms with Crippen LogP contribution in [0.2, 0.25) is 0 Å². The van der Waals surface area contributed by atoms with E-state index in [0.717, 1.165) is 16.3 Å². The van der Waals surface area contributed by atoms with Gasteiger partial charge < -0.3 is 25.3 Å². The first-order chi connectivity index (χ1) is 12.7. The van der Waals surface area contributed by atoms with Crippen LogP contribution in [0.5, 0.6) is 11.5 Å². The Labute approximate surface area is 161 Å². The summed E-state index contributed by atoms with van der Waals surface area (Å²) < 4.78 is 0. The molecule has 0 fully saturated rings. The molecule has 144 valence electrons. The van der Waals surface area contributed by atoms with E-state index in [2.05, 4.69) is 11.0 Å². The number of hydrogen-bond donors (Lipinski definition) is 4. The van der Waals surface area contributed by atoms with Gasteiger partial charge in [-0.2, -0.15) is 0 Å². The molecular formula is C19H21NO6S. The maximum atomic E-state index is 9.83. The fourth-order valence-corrected chi connectivity index (χ4v) is 2.87. The number of hydrogen-bond acceptors (Lipinski definition) is 6. The van der Waals surface area contributed by atoms with E-state index in [4.69, 9.17) is 10.2 Å². The van der Waals surface area contributed by atoms with Gasteiger partial charge in [-0.25, -0.2) is 9.59 Å². The van der Waals surface area contributed by atoms with Crippen molar-refractivity contribution >= 4 is 23.7 Å². The molecule has 0 heterocycles. The lowest BCUT2D eigenvalue weighted by Gasteiger charge is -2.14. The molecule has 27 heavy (non-hydrogen) atoms. The van der Waals surface area contributed by atoms with E-state index in [1.54, 1.807) is 12.1 Å². The zero-order chi connectivity index (χ0) is 20.4. The largest absolute Gasteiger partial charge is 0.508 e. The lowest BCUT2D eigenvalue weighted by molar-refractivity contribution is -0.134. The minimum absolute atomic E-state index is 0.0726. The van der Waals surface area contributed by atoms with Gasteiger partial charge in [-0.05, 0) is 37.9 Å². The molecule has 0 saturated carbocycles. The van der Waals surface area contributed by atoms with Crippen molar-refractivity contribution in [1.29, 1.82) is 0 Å². The Hall–Kier alpha value is -2.97. The molecule has 0 radical (unpaired) electrons. The molecule has 0 amide bonds. The molecule has 2 aromatic carbocycles. The molecule has 2 aromatic rings. The van der Waals surface area contributed by atoms with Crippen molar-refractivity contribution in [1.82, 2.24) is 4.90 Å². The number of nitrogens with zero attached hydrogens (tertiary/aromatic N) is 1. The number of phenols is 2. The smallest absolute Gasteiger partial charge is 0.328 e. The minimum atomic E-state index is -1.26. The molecule has 0 saturated heterocycles. The molecule has 0 spiro atoms. The third-order valence-electron chi connectivity index (χ3n) is 2.99. The standard InChI is InChI=1S/C15H17NO2S.C4H4O4/c1-16(2)10-11-5-3-4-6-14(11)19-15-8-7-12(17)9-13(15)18;5-3(6)1-2-4(7)8/h3-9,17-18H,10H2,1-2H3;1-2H,(H,5,6)(H,7,8)/b;2-1+. The van der Waals surface area contributed by atoms with Crippen LogP contribution in [0.3, 0.4) is 0 Å². The van der Waals surface area contributed by atoms with Crippen molar-refractivity contribution in [2.45, 2.75) is 16.3 Å². The van der Waals surface area contributed by atoms with E-state index in [-0.39, 0.29) is 11.5 Å². The molecule has 0 atom stereocenters. The summed E-state index contributed by atoms with van der Waals surface area (Å²) in [5, 5.41) is 34.8. The van der Waals surface area contributed by atoms with Crippen LogP contribution in [0, 0.1) is 0 Å². The maximum absolute atomic E-state index is 9.83. The van der Waals surface area contributed by atoms with E-state index in [0.29, 0.717) is 12.2 Å². The number of carboxylic acids is 2. The molecule has 7 nitrogen and oxygen atoms in total. The first-order valence-electron chi connectivity index (χ1n) is 7.75. The van der Waals surface area contributed by atoms with Crippen LogP contribution in [0.4, 0.5) is 0 Å². The lowest BCUT2D eigenvalue weighted by Crippen LogP contribution is -2.11. The molecule has 0 aliphatic heterocycles. The molecular weight excluding hydrogens is 370 g/mol. The second-order valence-corrected chi connectivity index (χ2v) is 6.69. The van der Waals surface area contributed by atoms with Gasteiger partial charge in [0.25, 0.3) is 0 Å². The van der Waals surface area contributed by atoms with Gasteiger partial charge >= 0.3 is 11.9 Å². The van der Waals surface area contributed by atoms with Gasteiger partial charge in [0.05, 0.1) is 4.90 Å². The van der Waals surface area contributed by atoms with E-state index in [9.17, 15) is 19.8 Å². The third-order valence-corrected chi connectivity index (χ3v) is 4.17. The Morgan fingerprint density at radius 2 is 1.56 bits per heavy atom. The van der Waals surface area contributed by atoms with Crippen molar-refractivity contribution in [2.24, 2.45) is 0 Å². The number of aliphatic carboxylic acids is 2. The van der Waals surface area contributed by atoms with Crippen LogP contribution < -0.4 is 0 Å². The number of benzene rings is 2. The van der Waals surface area contributed by atoms with E-state index in [1.165, 1.54) is 23.4 Å². The van der Waals surface area contributed by atoms with Crippen molar-refractivity contribution in [3.63, 3.8) is 0 Å². The summed E-state index contributed by atoms with van der Waals surface area (Å²) in [6.45, 7) is 0.849. The highest BCUT2D eigenvalue weighted by Crippen LogP contribution is 2.37. The van der Waals surface area contributed by atoms with Crippen LogP contribution in [0.1, 0.15) is 5.56 Å². The van der Waals surface area contributed by atoms with E-state index >= 15 is 0 Å². The number of carbonyl (C=O) groups is 2. The van der Waals surface area contributed by atoms with Crippen LogP contribution in [0.25, 0.3) is 0 Å². The highest BCUT2D eigenvalue weighted by molar-refractivity contribution is 7.99. The predicted molar refractivity (Wildman–Crippen MR) is 102 cm³/mol. The minimum Gasteiger partial charge on any atom is -0.508 e. The third kappa shape index (κ3) is 8.80. The number of carboxylic acid groups (broad SMARTS) is 2. The summed E-state index contributed by atoms with van der Waals surface area (Å²) in [7, 11) is 4.05. The second-order valence-electron chi connectivity index (χ2n) is 5.61. The van der Waals surface area contributed by atoms with Gasteiger partial charge in [-0.1, -0.05) is 30.0 Å². The van der Waals surface area contributed by atoms with Crippen LogP contribution >= 0.6 is 11.8 Å². The Bertz CT molecular complexity index is 804. The van der Waals surface area contributed by atoms with E-state index < -0.39 is 11.9 Å². The number of aromatic hydroxyl groups is 2. The summed E-state index contributed by atoms with van der Waals surface area (Å²) in [6.07, 6.45) is 1.12. The molecule has 4 N–H and O–H groups in total. The van der Waals surface area contributed by atoms with Gasteiger partial charge in [0.15, 0.2) is 0 Å². The van der Waals surface area contributed by atoms with Crippen LogP contribution in [-0.2, 0) is 16.1 Å². The van der Waals surface area contributed by atoms with Gasteiger partial charge in [0, 0.05) is 29.7 Å². The Morgan fingerprint density at radius 3 is 2.07 bits per heavy atom. The summed E-state index contributed by atoms with van der Waals surface area (Å²) >= 11 is 1.50. The Kier molecular flexibility index (Phi) is 8.91. The van der Waals surface area contributed by atoms with Gasteiger partial charge in [0.2, 0.25) is 0 Å². The summed E-state index contributed by atoms with van der Waals surface area (Å²) in [4.78, 5) is 23.1. The first kappa shape index (κ1) is 22.1. The summed E-state index contributed by atoms with van der Waals surface area (Å²) in [5.74, 6) is -2.34. The lowest BCUT2D eigenvalue weighted by atomic mass is 10.2. The number of phenolic OH excluding ortho intramolecular Hbond substituents is 2. The van der Waals surface area contributed by atoms with Crippen LogP contribution in [-0.4, -0.2) is 51.4 Å². The molecule has 0 aromatic heterocycles. The first-order valence-corrected chi connectivity index (χ1v) is 8.57. The molecule has 0 aliphatic rings. The zero-order valence-corrected chi connectivity index (χ0v) is 15.7. The summed E-state index contributed by atoms with van der Waals surface area (Å²) in [5.41, 5.74) is 1.21. The maximum Gasteiger partial charge on any atom is 0.328 e. The van der Waals surface area contributed by atoms with Crippen molar-refractivity contribution in [2.75, 3.05) is 14.1 Å². The highest BCUT2D eigenvalue weighted by Gasteiger charge is 2.08. The predicted octanol–water partition coefficient (Wildman–Crippen LogP) is 3.02. The molecule has 0 aliphatic carbocycles. The average Bonchev–Trinajstić information content (AvgIpc) is 2.57.